The third-order valence-electron chi connectivity index (χ3n) is 4.41. The SMILES string of the molecule is CCC(C)NC(=O)CSc1nc2ccccc2c(=O)n1-c1cccc(OC)c1. The number of nitrogens with one attached hydrogen (secondary N) is 1. The predicted octanol–water partition coefficient (Wildman–Crippen LogP) is 3.40. The predicted molar refractivity (Wildman–Crippen MR) is 113 cm³/mol. The van der Waals surface area contributed by atoms with Crippen molar-refractivity contribution in [3.63, 3.8) is 0 Å². The molecule has 1 amide bonds. The van der Waals surface area contributed by atoms with Crippen LogP contribution in [0.15, 0.2) is 58.5 Å². The van der Waals surface area contributed by atoms with E-state index < -0.39 is 0 Å². The van der Waals surface area contributed by atoms with E-state index in [0.29, 0.717) is 27.5 Å². The molecule has 0 bridgehead atoms. The quantitative estimate of drug-likeness (QED) is 0.489. The fraction of sp³-hybridized carbons (Fsp3) is 0.286. The van der Waals surface area contributed by atoms with Gasteiger partial charge >= 0.3 is 0 Å². The normalized spacial score (nSPS) is 12.0. The second-order valence-electron chi connectivity index (χ2n) is 6.42. The van der Waals surface area contributed by atoms with Crippen molar-refractivity contribution in [2.24, 2.45) is 0 Å². The van der Waals surface area contributed by atoms with Crippen LogP contribution in [0, 0.1) is 0 Å². The van der Waals surface area contributed by atoms with Crippen molar-refractivity contribution in [1.82, 2.24) is 14.9 Å². The highest BCUT2D eigenvalue weighted by molar-refractivity contribution is 7.99. The third kappa shape index (κ3) is 4.36. The van der Waals surface area contributed by atoms with E-state index in [2.05, 4.69) is 10.3 Å². The van der Waals surface area contributed by atoms with Crippen molar-refractivity contribution in [3.05, 3.63) is 58.9 Å². The van der Waals surface area contributed by atoms with Gasteiger partial charge in [-0.25, -0.2) is 4.98 Å². The van der Waals surface area contributed by atoms with E-state index >= 15 is 0 Å². The second-order valence-corrected chi connectivity index (χ2v) is 7.36. The topological polar surface area (TPSA) is 73.2 Å². The van der Waals surface area contributed by atoms with Crippen LogP contribution in [0.5, 0.6) is 5.75 Å². The van der Waals surface area contributed by atoms with Crippen LogP contribution in [-0.4, -0.2) is 34.4 Å². The fourth-order valence-corrected chi connectivity index (χ4v) is 3.56. The molecule has 1 N–H and O–H groups in total. The van der Waals surface area contributed by atoms with E-state index in [1.165, 1.54) is 16.3 Å². The maximum Gasteiger partial charge on any atom is 0.266 e. The number of carbonyl (C=O) groups excluding carboxylic acids is 1. The van der Waals surface area contributed by atoms with Gasteiger partial charge < -0.3 is 10.1 Å². The zero-order valence-corrected chi connectivity index (χ0v) is 17.0. The summed E-state index contributed by atoms with van der Waals surface area (Å²) in [7, 11) is 1.58. The zero-order valence-electron chi connectivity index (χ0n) is 16.1. The highest BCUT2D eigenvalue weighted by Gasteiger charge is 2.15. The molecule has 0 fully saturated rings. The van der Waals surface area contributed by atoms with Crippen LogP contribution in [0.25, 0.3) is 16.6 Å². The summed E-state index contributed by atoms with van der Waals surface area (Å²) in [6.07, 6.45) is 0.860. The Morgan fingerprint density at radius 1 is 1.25 bits per heavy atom. The number of hydrogen-bond acceptors (Lipinski definition) is 5. The van der Waals surface area contributed by atoms with Gasteiger partial charge in [-0.15, -0.1) is 0 Å². The Morgan fingerprint density at radius 2 is 2.04 bits per heavy atom. The summed E-state index contributed by atoms with van der Waals surface area (Å²) in [5.41, 5.74) is 1.08. The molecule has 0 radical (unpaired) electrons. The Balaban J connectivity index is 2.04. The summed E-state index contributed by atoms with van der Waals surface area (Å²) in [6, 6.07) is 14.6. The molecular formula is C21H23N3O3S. The van der Waals surface area contributed by atoms with Gasteiger partial charge in [-0.05, 0) is 37.6 Å². The molecule has 1 heterocycles. The lowest BCUT2D eigenvalue weighted by molar-refractivity contribution is -0.119. The number of amides is 1. The monoisotopic (exact) mass is 397 g/mol. The highest BCUT2D eigenvalue weighted by Crippen LogP contribution is 2.23. The lowest BCUT2D eigenvalue weighted by Crippen LogP contribution is -2.33. The molecule has 0 aliphatic carbocycles. The summed E-state index contributed by atoms with van der Waals surface area (Å²) in [6.45, 7) is 3.98. The Bertz CT molecular complexity index is 1050. The van der Waals surface area contributed by atoms with Crippen LogP contribution in [0.4, 0.5) is 0 Å². The first-order chi connectivity index (χ1) is 13.5. The van der Waals surface area contributed by atoms with Crippen molar-refractivity contribution < 1.29 is 9.53 Å². The van der Waals surface area contributed by atoms with Crippen LogP contribution < -0.4 is 15.6 Å². The molecular weight excluding hydrogens is 374 g/mol. The van der Waals surface area contributed by atoms with Crippen LogP contribution in [0.3, 0.4) is 0 Å². The molecule has 1 aromatic heterocycles. The van der Waals surface area contributed by atoms with Gasteiger partial charge in [-0.3, -0.25) is 14.2 Å². The molecule has 0 aliphatic heterocycles. The number of carbonyl (C=O) groups is 1. The Hall–Kier alpha value is -2.80. The molecule has 6 nitrogen and oxygen atoms in total. The number of thioether (sulfide) groups is 1. The molecule has 3 aromatic rings. The number of aromatic nitrogens is 2. The van der Waals surface area contributed by atoms with E-state index in [4.69, 9.17) is 4.74 Å². The van der Waals surface area contributed by atoms with Crippen LogP contribution in [-0.2, 0) is 4.79 Å². The van der Waals surface area contributed by atoms with Crippen molar-refractivity contribution in [3.8, 4) is 11.4 Å². The molecule has 146 valence electrons. The first-order valence-corrected chi connectivity index (χ1v) is 10.1. The minimum absolute atomic E-state index is 0.0843. The van der Waals surface area contributed by atoms with Crippen LogP contribution in [0.2, 0.25) is 0 Å². The molecule has 3 rings (SSSR count). The third-order valence-corrected chi connectivity index (χ3v) is 5.35. The summed E-state index contributed by atoms with van der Waals surface area (Å²) in [5, 5.41) is 3.93. The largest absolute Gasteiger partial charge is 0.497 e. The lowest BCUT2D eigenvalue weighted by Gasteiger charge is -2.15. The molecule has 0 saturated carbocycles. The maximum absolute atomic E-state index is 13.2. The van der Waals surface area contributed by atoms with Gasteiger partial charge in [0.2, 0.25) is 5.91 Å². The minimum atomic E-state index is -0.177. The van der Waals surface area contributed by atoms with E-state index in [1.54, 1.807) is 25.3 Å². The number of nitrogens with zero attached hydrogens (tertiary/aromatic N) is 2. The number of benzene rings is 2. The van der Waals surface area contributed by atoms with Gasteiger partial charge in [0, 0.05) is 12.1 Å². The number of methoxy groups -OCH3 is 1. The minimum Gasteiger partial charge on any atom is -0.497 e. The molecule has 0 aliphatic rings. The van der Waals surface area contributed by atoms with Gasteiger partial charge in [-0.2, -0.15) is 0 Å². The molecule has 1 unspecified atom stereocenters. The summed E-state index contributed by atoms with van der Waals surface area (Å²) in [5.74, 6) is 0.737. The average Bonchev–Trinajstić information content (AvgIpc) is 2.72. The van der Waals surface area contributed by atoms with Gasteiger partial charge in [0.1, 0.15) is 5.75 Å². The van der Waals surface area contributed by atoms with E-state index in [9.17, 15) is 9.59 Å². The van der Waals surface area contributed by atoms with Crippen LogP contribution >= 0.6 is 11.8 Å². The molecule has 1 atom stereocenters. The standard InChI is InChI=1S/C21H23N3O3S/c1-4-14(2)22-19(25)13-28-21-23-18-11-6-5-10-17(18)20(26)24(21)15-8-7-9-16(12-15)27-3/h5-12,14H,4,13H2,1-3H3,(H,22,25). The first-order valence-electron chi connectivity index (χ1n) is 9.12. The number of ether oxygens (including phenoxy) is 1. The van der Waals surface area contributed by atoms with E-state index in [1.807, 2.05) is 44.2 Å². The molecule has 0 saturated heterocycles. The van der Waals surface area contributed by atoms with Gasteiger partial charge in [0.05, 0.1) is 29.5 Å². The smallest absolute Gasteiger partial charge is 0.266 e. The lowest BCUT2D eigenvalue weighted by atomic mass is 10.2. The molecule has 0 spiro atoms. The second kappa shape index (κ2) is 8.93. The molecule has 2 aromatic carbocycles. The number of rotatable bonds is 7. The van der Waals surface area contributed by atoms with E-state index in [-0.39, 0.29) is 23.3 Å². The Labute approximate surface area is 167 Å². The van der Waals surface area contributed by atoms with Crippen molar-refractivity contribution >= 4 is 28.6 Å². The van der Waals surface area contributed by atoms with Gasteiger partial charge in [0.25, 0.3) is 5.56 Å². The fourth-order valence-electron chi connectivity index (χ4n) is 2.74. The van der Waals surface area contributed by atoms with Gasteiger partial charge in [-0.1, -0.05) is 36.9 Å². The number of para-hydroxylation sites is 1. The summed E-state index contributed by atoms with van der Waals surface area (Å²) >= 11 is 1.24. The van der Waals surface area contributed by atoms with Crippen molar-refractivity contribution in [2.45, 2.75) is 31.5 Å². The molecule has 28 heavy (non-hydrogen) atoms. The van der Waals surface area contributed by atoms with Crippen LogP contribution in [0.1, 0.15) is 20.3 Å². The van der Waals surface area contributed by atoms with Gasteiger partial charge in [0.15, 0.2) is 5.16 Å². The summed E-state index contributed by atoms with van der Waals surface area (Å²) in [4.78, 5) is 30.0. The maximum atomic E-state index is 13.2. The van der Waals surface area contributed by atoms with E-state index in [0.717, 1.165) is 6.42 Å². The Kier molecular flexibility index (Phi) is 6.36. The average molecular weight is 398 g/mol. The number of hydrogen-bond donors (Lipinski definition) is 1. The van der Waals surface area contributed by atoms with Crippen molar-refractivity contribution in [1.29, 1.82) is 0 Å². The first kappa shape index (κ1) is 19.9. The zero-order chi connectivity index (χ0) is 20.1. The van der Waals surface area contributed by atoms with Crippen molar-refractivity contribution in [2.75, 3.05) is 12.9 Å². The number of fused-ring (bicyclic) bond motifs is 1. The summed E-state index contributed by atoms with van der Waals surface area (Å²) < 4.78 is 6.82. The Morgan fingerprint density at radius 3 is 2.79 bits per heavy atom. The highest BCUT2D eigenvalue weighted by atomic mass is 32.2. The molecule has 7 heteroatoms.